The molecule has 0 fully saturated rings. The minimum atomic E-state index is -0.897. The number of amidine groups is 1. The summed E-state index contributed by atoms with van der Waals surface area (Å²) >= 11 is 0. The normalized spacial score (nSPS) is 10.3. The lowest BCUT2D eigenvalue weighted by Gasteiger charge is -2.09. The SMILES string of the molecule is Cc1ccc(Oc2c(F)cc(C(=N)N)cc2F)cc1. The lowest BCUT2D eigenvalue weighted by Crippen LogP contribution is -2.12. The van der Waals surface area contributed by atoms with Crippen LogP contribution in [0.1, 0.15) is 11.1 Å². The molecule has 3 nitrogen and oxygen atoms in total. The Bertz CT molecular complexity index is 601. The van der Waals surface area contributed by atoms with E-state index in [-0.39, 0.29) is 5.56 Å². The summed E-state index contributed by atoms with van der Waals surface area (Å²) in [5, 5.41) is 7.15. The summed E-state index contributed by atoms with van der Waals surface area (Å²) in [5.41, 5.74) is 6.17. The third-order valence-corrected chi connectivity index (χ3v) is 2.55. The number of halogens is 2. The lowest BCUT2D eigenvalue weighted by molar-refractivity contribution is 0.407. The van der Waals surface area contributed by atoms with Gasteiger partial charge in [0.2, 0.25) is 0 Å². The van der Waals surface area contributed by atoms with E-state index in [1.807, 2.05) is 6.92 Å². The van der Waals surface area contributed by atoms with E-state index in [0.717, 1.165) is 17.7 Å². The van der Waals surface area contributed by atoms with Crippen molar-refractivity contribution in [2.75, 3.05) is 0 Å². The molecule has 0 amide bonds. The number of nitrogen functional groups attached to an aromatic ring is 1. The number of ether oxygens (including phenoxy) is 1. The van der Waals surface area contributed by atoms with Crippen molar-refractivity contribution in [3.05, 3.63) is 59.2 Å². The number of aryl methyl sites for hydroxylation is 1. The fourth-order valence-corrected chi connectivity index (χ4v) is 1.54. The number of hydrogen-bond acceptors (Lipinski definition) is 2. The van der Waals surface area contributed by atoms with Crippen LogP contribution in [-0.2, 0) is 0 Å². The minimum Gasteiger partial charge on any atom is -0.451 e. The molecule has 2 rings (SSSR count). The second kappa shape index (κ2) is 5.06. The molecular weight excluding hydrogens is 250 g/mol. The van der Waals surface area contributed by atoms with Crippen molar-refractivity contribution >= 4 is 5.84 Å². The predicted molar refractivity (Wildman–Crippen MR) is 68.6 cm³/mol. The van der Waals surface area contributed by atoms with Crippen molar-refractivity contribution in [3.8, 4) is 11.5 Å². The zero-order valence-corrected chi connectivity index (χ0v) is 10.2. The monoisotopic (exact) mass is 262 g/mol. The van der Waals surface area contributed by atoms with Gasteiger partial charge in [-0.15, -0.1) is 0 Å². The van der Waals surface area contributed by atoms with Crippen LogP contribution in [0.5, 0.6) is 11.5 Å². The molecule has 5 heteroatoms. The van der Waals surface area contributed by atoms with E-state index in [0.29, 0.717) is 5.75 Å². The Morgan fingerprint density at radius 1 is 1.11 bits per heavy atom. The molecule has 2 aromatic rings. The first-order valence-electron chi connectivity index (χ1n) is 5.55. The van der Waals surface area contributed by atoms with E-state index in [2.05, 4.69) is 0 Å². The maximum Gasteiger partial charge on any atom is 0.198 e. The Balaban J connectivity index is 2.35. The zero-order valence-electron chi connectivity index (χ0n) is 10.2. The van der Waals surface area contributed by atoms with Gasteiger partial charge in [-0.25, -0.2) is 8.78 Å². The van der Waals surface area contributed by atoms with Crippen molar-refractivity contribution in [1.82, 2.24) is 0 Å². The molecule has 0 spiro atoms. The summed E-state index contributed by atoms with van der Waals surface area (Å²) in [6, 6.07) is 8.72. The van der Waals surface area contributed by atoms with Crippen LogP contribution < -0.4 is 10.5 Å². The standard InChI is InChI=1S/C14H12F2N2O/c1-8-2-4-10(5-3-8)19-13-11(15)6-9(14(17)18)7-12(13)16/h2-7H,1H3,(H3,17,18). The molecule has 0 atom stereocenters. The maximum atomic E-state index is 13.7. The van der Waals surface area contributed by atoms with Crippen molar-refractivity contribution in [3.63, 3.8) is 0 Å². The van der Waals surface area contributed by atoms with Crippen molar-refractivity contribution in [1.29, 1.82) is 5.41 Å². The number of rotatable bonds is 3. The molecular formula is C14H12F2N2O. The second-order valence-electron chi connectivity index (χ2n) is 4.10. The average molecular weight is 262 g/mol. The Kier molecular flexibility index (Phi) is 3.46. The van der Waals surface area contributed by atoms with Crippen LogP contribution >= 0.6 is 0 Å². The highest BCUT2D eigenvalue weighted by molar-refractivity contribution is 5.95. The summed E-state index contributed by atoms with van der Waals surface area (Å²) in [4.78, 5) is 0. The van der Waals surface area contributed by atoms with Crippen molar-refractivity contribution in [2.45, 2.75) is 6.92 Å². The van der Waals surface area contributed by atoms with Gasteiger partial charge in [0.05, 0.1) is 0 Å². The minimum absolute atomic E-state index is 0.0220. The highest BCUT2D eigenvalue weighted by Gasteiger charge is 2.14. The number of nitrogens with two attached hydrogens (primary N) is 1. The van der Waals surface area contributed by atoms with E-state index in [1.165, 1.54) is 0 Å². The van der Waals surface area contributed by atoms with Crippen molar-refractivity contribution < 1.29 is 13.5 Å². The molecule has 0 bridgehead atoms. The molecule has 0 aliphatic heterocycles. The van der Waals surface area contributed by atoms with Crippen LogP contribution in [0.25, 0.3) is 0 Å². The van der Waals surface area contributed by atoms with Gasteiger partial charge in [0.1, 0.15) is 11.6 Å². The molecule has 0 saturated heterocycles. The molecule has 0 aliphatic carbocycles. The van der Waals surface area contributed by atoms with Gasteiger partial charge in [0.25, 0.3) is 0 Å². The van der Waals surface area contributed by atoms with E-state index in [1.54, 1.807) is 24.3 Å². The van der Waals surface area contributed by atoms with Gasteiger partial charge >= 0.3 is 0 Å². The molecule has 0 aliphatic rings. The van der Waals surface area contributed by atoms with E-state index in [9.17, 15) is 8.78 Å². The Hall–Kier alpha value is -2.43. The summed E-state index contributed by atoms with van der Waals surface area (Å²) in [7, 11) is 0. The first-order valence-corrected chi connectivity index (χ1v) is 5.55. The first-order chi connectivity index (χ1) is 8.97. The smallest absolute Gasteiger partial charge is 0.198 e. The van der Waals surface area contributed by atoms with Crippen LogP contribution in [0.15, 0.2) is 36.4 Å². The Morgan fingerprint density at radius 2 is 1.63 bits per heavy atom. The molecule has 0 aromatic heterocycles. The van der Waals surface area contributed by atoms with Gasteiger partial charge in [-0.2, -0.15) is 0 Å². The maximum absolute atomic E-state index is 13.7. The van der Waals surface area contributed by atoms with Gasteiger partial charge in [-0.1, -0.05) is 17.7 Å². The van der Waals surface area contributed by atoms with Gasteiger partial charge in [-0.3, -0.25) is 5.41 Å². The molecule has 19 heavy (non-hydrogen) atoms. The topological polar surface area (TPSA) is 59.1 Å². The van der Waals surface area contributed by atoms with E-state index >= 15 is 0 Å². The summed E-state index contributed by atoms with van der Waals surface area (Å²) in [5.74, 6) is -2.37. The Morgan fingerprint density at radius 3 is 2.11 bits per heavy atom. The summed E-state index contributed by atoms with van der Waals surface area (Å²) in [6.45, 7) is 1.90. The number of hydrogen-bond donors (Lipinski definition) is 2. The van der Waals surface area contributed by atoms with Crippen molar-refractivity contribution in [2.24, 2.45) is 5.73 Å². The molecule has 0 radical (unpaired) electrons. The fraction of sp³-hybridized carbons (Fsp3) is 0.0714. The molecule has 3 N–H and O–H groups in total. The molecule has 0 saturated carbocycles. The largest absolute Gasteiger partial charge is 0.451 e. The second-order valence-corrected chi connectivity index (χ2v) is 4.10. The Labute approximate surface area is 109 Å². The van der Waals surface area contributed by atoms with Gasteiger partial charge in [-0.05, 0) is 31.2 Å². The average Bonchev–Trinajstić information content (AvgIpc) is 2.35. The molecule has 98 valence electrons. The first kappa shape index (κ1) is 13.0. The van der Waals surface area contributed by atoms with Crippen LogP contribution in [-0.4, -0.2) is 5.84 Å². The predicted octanol–water partition coefficient (Wildman–Crippen LogP) is 3.35. The van der Waals surface area contributed by atoms with Gasteiger partial charge in [0, 0.05) is 5.56 Å². The highest BCUT2D eigenvalue weighted by Crippen LogP contribution is 2.28. The molecule has 2 aromatic carbocycles. The van der Waals surface area contributed by atoms with E-state index < -0.39 is 23.2 Å². The van der Waals surface area contributed by atoms with Crippen LogP contribution in [0.4, 0.5) is 8.78 Å². The molecule has 0 unspecified atom stereocenters. The highest BCUT2D eigenvalue weighted by atomic mass is 19.1. The summed E-state index contributed by atoms with van der Waals surface area (Å²) in [6.07, 6.45) is 0. The third-order valence-electron chi connectivity index (χ3n) is 2.55. The third kappa shape index (κ3) is 2.88. The van der Waals surface area contributed by atoms with Crippen LogP contribution in [0.2, 0.25) is 0 Å². The quantitative estimate of drug-likeness (QED) is 0.658. The molecule has 0 heterocycles. The summed E-state index contributed by atoms with van der Waals surface area (Å²) < 4.78 is 32.6. The fourth-order valence-electron chi connectivity index (χ4n) is 1.54. The number of benzene rings is 2. The van der Waals surface area contributed by atoms with Crippen LogP contribution in [0.3, 0.4) is 0 Å². The van der Waals surface area contributed by atoms with Gasteiger partial charge < -0.3 is 10.5 Å². The van der Waals surface area contributed by atoms with Gasteiger partial charge in [0.15, 0.2) is 17.4 Å². The van der Waals surface area contributed by atoms with E-state index in [4.69, 9.17) is 15.9 Å². The lowest BCUT2D eigenvalue weighted by atomic mass is 10.2. The zero-order chi connectivity index (χ0) is 14.0. The number of nitrogens with one attached hydrogen (secondary N) is 1. The van der Waals surface area contributed by atoms with Crippen LogP contribution in [0, 0.1) is 24.0 Å².